The van der Waals surface area contributed by atoms with Crippen LogP contribution in [0.4, 0.5) is 4.39 Å². The Balaban J connectivity index is 1.23. The van der Waals surface area contributed by atoms with Crippen molar-refractivity contribution >= 4 is 15.1 Å². The Morgan fingerprint density at radius 3 is 2.43 bits per heavy atom. The van der Waals surface area contributed by atoms with E-state index in [-0.39, 0.29) is 49.4 Å². The van der Waals surface area contributed by atoms with E-state index in [1.54, 1.807) is 18.3 Å². The molecule has 47 heavy (non-hydrogen) atoms. The lowest BCUT2D eigenvalue weighted by Crippen LogP contribution is -2.26. The number of nitrogens with zero attached hydrogens (tertiary/aromatic N) is 4. The Kier molecular flexibility index (Phi) is 9.98. The summed E-state index contributed by atoms with van der Waals surface area (Å²) in [6, 6.07) is 16.6. The molecule has 1 aliphatic carbocycles. The summed E-state index contributed by atoms with van der Waals surface area (Å²) in [6.45, 7) is 6.90. The molecular formula is C36H47FN4O5S. The van der Waals surface area contributed by atoms with E-state index in [0.29, 0.717) is 30.9 Å². The number of esters is 1. The van der Waals surface area contributed by atoms with Gasteiger partial charge in [-0.1, -0.05) is 36.4 Å². The van der Waals surface area contributed by atoms with Gasteiger partial charge in [0.15, 0.2) is 5.82 Å². The van der Waals surface area contributed by atoms with Crippen LogP contribution in [0.2, 0.25) is 0 Å². The van der Waals surface area contributed by atoms with Crippen molar-refractivity contribution in [2.24, 2.45) is 5.41 Å². The number of carbonyl (C=O) groups excluding carboxylic acids is 1. The highest BCUT2D eigenvalue weighted by atomic mass is 32.3. The molecule has 0 spiro atoms. The molecule has 0 bridgehead atoms. The zero-order valence-corrected chi connectivity index (χ0v) is 29.4. The SMILES string of the molecule is Cc1cc(OCC2(C(=O)OCc3ccccc3)CC2)ncc1-c1ccc(-c2nc(OC(C)C)n(COCC[SH](C)(C)(C)C)n2)c(F)c1. The van der Waals surface area contributed by atoms with E-state index in [2.05, 4.69) is 40.1 Å². The van der Waals surface area contributed by atoms with Crippen LogP contribution < -0.4 is 9.47 Å². The number of carbonyl (C=O) groups is 1. The van der Waals surface area contributed by atoms with Crippen LogP contribution in [0.15, 0.2) is 60.8 Å². The van der Waals surface area contributed by atoms with Gasteiger partial charge in [0.05, 0.1) is 18.3 Å². The summed E-state index contributed by atoms with van der Waals surface area (Å²) in [5.74, 6) is 0.887. The van der Waals surface area contributed by atoms with Gasteiger partial charge < -0.3 is 18.9 Å². The molecule has 0 aliphatic heterocycles. The second kappa shape index (κ2) is 13.6. The maximum Gasteiger partial charge on any atom is 0.317 e. The second-order valence-electron chi connectivity index (χ2n) is 14.8. The molecule has 1 fully saturated rings. The van der Waals surface area contributed by atoms with Crippen molar-refractivity contribution in [3.63, 3.8) is 0 Å². The topological polar surface area (TPSA) is 97.6 Å². The molecular weight excluding hydrogens is 619 g/mol. The van der Waals surface area contributed by atoms with Crippen molar-refractivity contribution in [1.29, 1.82) is 0 Å². The molecule has 0 amide bonds. The van der Waals surface area contributed by atoms with Crippen molar-refractivity contribution < 1.29 is 28.1 Å². The maximum atomic E-state index is 15.6. The maximum absolute atomic E-state index is 15.6. The highest BCUT2D eigenvalue weighted by Gasteiger charge is 2.52. The van der Waals surface area contributed by atoms with Gasteiger partial charge in [-0.3, -0.25) is 14.0 Å². The summed E-state index contributed by atoms with van der Waals surface area (Å²) >= 11 is 0. The number of halogens is 1. The molecule has 4 aromatic rings. The monoisotopic (exact) mass is 666 g/mol. The first-order valence-corrected chi connectivity index (χ1v) is 20.2. The van der Waals surface area contributed by atoms with E-state index in [1.165, 1.54) is 10.7 Å². The molecule has 2 heterocycles. The highest BCUT2D eigenvalue weighted by molar-refractivity contribution is 8.47. The average molecular weight is 667 g/mol. The fourth-order valence-corrected chi connectivity index (χ4v) is 5.69. The molecule has 1 aliphatic rings. The lowest BCUT2D eigenvalue weighted by molar-refractivity contribution is -0.152. The van der Waals surface area contributed by atoms with Crippen LogP contribution in [-0.4, -0.2) is 75.8 Å². The van der Waals surface area contributed by atoms with Gasteiger partial charge in [0.1, 0.15) is 31.2 Å². The van der Waals surface area contributed by atoms with Crippen LogP contribution in [0.25, 0.3) is 22.5 Å². The standard InChI is InChI=1S/C36H47FN4O5S/c1-25(2)46-35-39-33(40-41(35)24-43-17-18-47(4,5,6)7)29-14-13-28(20-31(29)37)30-21-38-32(19-26(30)3)45-23-36(15-16-36)34(42)44-22-27-11-9-8-10-12-27/h8-14,19-21,25,47H,15-18,22-24H2,1-7H3. The van der Waals surface area contributed by atoms with Gasteiger partial charge in [-0.25, -0.2) is 9.37 Å². The molecule has 0 unspecified atom stereocenters. The van der Waals surface area contributed by atoms with Gasteiger partial charge in [-0.2, -0.15) is 9.67 Å². The molecule has 254 valence electrons. The molecule has 5 rings (SSSR count). The molecule has 2 aromatic carbocycles. The minimum absolute atomic E-state index is 0.135. The third-order valence-electron chi connectivity index (χ3n) is 7.92. The summed E-state index contributed by atoms with van der Waals surface area (Å²) in [5.41, 5.74) is 2.84. The normalized spacial score (nSPS) is 14.8. The van der Waals surface area contributed by atoms with Gasteiger partial charge >= 0.3 is 12.0 Å². The molecule has 0 saturated heterocycles. The van der Waals surface area contributed by atoms with Crippen LogP contribution in [-0.2, 0) is 27.6 Å². The van der Waals surface area contributed by atoms with Crippen molar-refractivity contribution in [3.05, 3.63) is 77.7 Å². The molecule has 9 nitrogen and oxygen atoms in total. The van der Waals surface area contributed by atoms with E-state index in [9.17, 15) is 4.79 Å². The third kappa shape index (κ3) is 9.32. The molecule has 11 heteroatoms. The van der Waals surface area contributed by atoms with E-state index in [0.717, 1.165) is 22.4 Å². The zero-order valence-electron chi connectivity index (χ0n) is 28.5. The van der Waals surface area contributed by atoms with E-state index in [4.69, 9.17) is 18.9 Å². The Bertz CT molecular complexity index is 1700. The number of pyridine rings is 1. The average Bonchev–Trinajstić information content (AvgIpc) is 3.71. The first-order valence-electron chi connectivity index (χ1n) is 16.0. The van der Waals surface area contributed by atoms with Crippen LogP contribution in [0, 0.1) is 18.2 Å². The van der Waals surface area contributed by atoms with Crippen molar-refractivity contribution in [2.45, 2.75) is 53.1 Å². The van der Waals surface area contributed by atoms with Crippen LogP contribution >= 0.6 is 9.16 Å². The van der Waals surface area contributed by atoms with Crippen LogP contribution in [0.1, 0.15) is 37.8 Å². The summed E-state index contributed by atoms with van der Waals surface area (Å²) in [7, 11) is -1.70. The Morgan fingerprint density at radius 1 is 1.04 bits per heavy atom. The summed E-state index contributed by atoms with van der Waals surface area (Å²) < 4.78 is 40.4. The smallest absolute Gasteiger partial charge is 0.317 e. The quantitative estimate of drug-likeness (QED) is 0.0850. The van der Waals surface area contributed by atoms with Gasteiger partial charge in [0.2, 0.25) is 5.88 Å². The lowest BCUT2D eigenvalue weighted by atomic mass is 10.0. The minimum Gasteiger partial charge on any atom is -0.476 e. The van der Waals surface area contributed by atoms with Gasteiger partial charge in [0, 0.05) is 17.8 Å². The Hall–Kier alpha value is -3.96. The number of hydrogen-bond acceptors (Lipinski definition) is 8. The largest absolute Gasteiger partial charge is 0.476 e. The number of benzene rings is 2. The molecule has 0 N–H and O–H groups in total. The van der Waals surface area contributed by atoms with E-state index in [1.807, 2.05) is 57.2 Å². The van der Waals surface area contributed by atoms with Crippen LogP contribution in [0.5, 0.6) is 11.9 Å². The second-order valence-corrected chi connectivity index (χ2v) is 23.1. The first kappa shape index (κ1) is 34.4. The Labute approximate surface area is 277 Å². The van der Waals surface area contributed by atoms with Crippen molar-refractivity contribution in [1.82, 2.24) is 19.7 Å². The van der Waals surface area contributed by atoms with E-state index >= 15 is 4.39 Å². The summed E-state index contributed by atoms with van der Waals surface area (Å²) in [5, 5.41) is 4.53. The fourth-order valence-electron chi connectivity index (χ4n) is 4.83. The fraction of sp³-hybridized carbons (Fsp3) is 0.444. The van der Waals surface area contributed by atoms with Gasteiger partial charge in [0.25, 0.3) is 0 Å². The Morgan fingerprint density at radius 2 is 1.79 bits per heavy atom. The number of thiol groups is 1. The lowest BCUT2D eigenvalue weighted by Gasteiger charge is -2.46. The van der Waals surface area contributed by atoms with E-state index < -0.39 is 20.4 Å². The van der Waals surface area contributed by atoms with Gasteiger partial charge in [-0.15, -0.1) is 5.10 Å². The summed E-state index contributed by atoms with van der Waals surface area (Å²) in [4.78, 5) is 21.7. The molecule has 0 atom stereocenters. The minimum atomic E-state index is -1.70. The number of ether oxygens (including phenoxy) is 4. The number of aryl methyl sites for hydroxylation is 1. The first-order chi connectivity index (χ1) is 22.2. The predicted molar refractivity (Wildman–Crippen MR) is 186 cm³/mol. The predicted octanol–water partition coefficient (Wildman–Crippen LogP) is 6.71. The number of hydrogen-bond donors (Lipinski definition) is 1. The molecule has 2 aromatic heterocycles. The van der Waals surface area contributed by atoms with Gasteiger partial charge in [-0.05, 0) is 93.2 Å². The summed E-state index contributed by atoms with van der Waals surface area (Å²) in [6.07, 6.45) is 12.2. The third-order valence-corrected chi connectivity index (χ3v) is 9.90. The van der Waals surface area contributed by atoms with Crippen LogP contribution in [0.3, 0.4) is 0 Å². The zero-order chi connectivity index (χ0) is 33.8. The molecule has 1 saturated carbocycles. The number of rotatable bonds is 15. The van der Waals surface area contributed by atoms with Crippen molar-refractivity contribution in [2.75, 3.05) is 44.0 Å². The molecule has 0 radical (unpaired) electrons. The number of aromatic nitrogens is 4. The highest BCUT2D eigenvalue weighted by Crippen LogP contribution is 2.54. The van der Waals surface area contributed by atoms with Crippen molar-refractivity contribution in [3.8, 4) is 34.4 Å².